The van der Waals surface area contributed by atoms with Crippen LogP contribution in [0.3, 0.4) is 0 Å². The Bertz CT molecular complexity index is 947. The zero-order valence-corrected chi connectivity index (χ0v) is 17.1. The highest BCUT2D eigenvalue weighted by Crippen LogP contribution is 2.22. The van der Waals surface area contributed by atoms with E-state index < -0.39 is 16.0 Å². The number of esters is 1. The molecule has 1 heterocycles. The predicted octanol–water partition coefficient (Wildman–Crippen LogP) is 3.15. The molecule has 0 N–H and O–H groups in total. The molecule has 0 aromatic heterocycles. The molecular weight excluding hydrogens is 378 g/mol. The van der Waals surface area contributed by atoms with Crippen LogP contribution in [0.5, 0.6) is 0 Å². The first kappa shape index (κ1) is 20.5. The minimum absolute atomic E-state index is 0.0822. The van der Waals surface area contributed by atoms with Crippen LogP contribution in [0.25, 0.3) is 0 Å². The quantitative estimate of drug-likeness (QED) is 0.717. The van der Waals surface area contributed by atoms with Gasteiger partial charge in [0.1, 0.15) is 6.61 Å². The number of carbonyl (C=O) groups excluding carboxylic acids is 1. The van der Waals surface area contributed by atoms with Gasteiger partial charge in [0.25, 0.3) is 0 Å². The second kappa shape index (κ2) is 8.43. The van der Waals surface area contributed by atoms with E-state index in [0.29, 0.717) is 0 Å². The van der Waals surface area contributed by atoms with Crippen molar-refractivity contribution in [2.45, 2.75) is 44.5 Å². The molecule has 0 bridgehead atoms. The van der Waals surface area contributed by atoms with Crippen LogP contribution in [0.4, 0.5) is 0 Å². The zero-order chi connectivity index (χ0) is 20.3. The summed E-state index contributed by atoms with van der Waals surface area (Å²) in [6, 6.07) is 13.7. The van der Waals surface area contributed by atoms with Crippen molar-refractivity contribution in [3.8, 4) is 0 Å². The van der Waals surface area contributed by atoms with Gasteiger partial charge in [-0.05, 0) is 44.5 Å². The zero-order valence-electron chi connectivity index (χ0n) is 16.3. The summed E-state index contributed by atoms with van der Waals surface area (Å²) < 4.78 is 38.3. The molecule has 28 heavy (non-hydrogen) atoms. The lowest BCUT2D eigenvalue weighted by Crippen LogP contribution is -2.48. The molecule has 2 aromatic rings. The Hall–Kier alpha value is -2.22. The number of hydrogen-bond acceptors (Lipinski definition) is 5. The van der Waals surface area contributed by atoms with E-state index in [1.807, 2.05) is 45.0 Å². The number of benzene rings is 2. The van der Waals surface area contributed by atoms with Crippen LogP contribution in [0.2, 0.25) is 0 Å². The second-order valence-corrected chi connectivity index (χ2v) is 9.11. The molecular formula is C21H25NO5S. The highest BCUT2D eigenvalue weighted by Gasteiger charge is 2.32. The monoisotopic (exact) mass is 403 g/mol. The fraction of sp³-hybridized carbons (Fsp3) is 0.381. The first-order valence-corrected chi connectivity index (χ1v) is 10.7. The molecule has 2 atom stereocenters. The molecule has 150 valence electrons. The Labute approximate surface area is 166 Å². The summed E-state index contributed by atoms with van der Waals surface area (Å²) in [7, 11) is -3.71. The SMILES string of the molecule is Cc1cccc(COC(=O)c2cccc(S(=O)(=O)N3C[C@@H](C)O[C@@H](C)C3)c2)c1. The van der Waals surface area contributed by atoms with E-state index in [-0.39, 0.29) is 42.4 Å². The van der Waals surface area contributed by atoms with E-state index in [9.17, 15) is 13.2 Å². The first-order chi connectivity index (χ1) is 13.3. The van der Waals surface area contributed by atoms with E-state index in [4.69, 9.17) is 9.47 Å². The van der Waals surface area contributed by atoms with Crippen molar-refractivity contribution in [2.75, 3.05) is 13.1 Å². The Morgan fingerprint density at radius 3 is 2.46 bits per heavy atom. The Morgan fingerprint density at radius 1 is 1.11 bits per heavy atom. The van der Waals surface area contributed by atoms with Crippen LogP contribution >= 0.6 is 0 Å². The fourth-order valence-corrected chi connectivity index (χ4v) is 4.93. The van der Waals surface area contributed by atoms with Crippen molar-refractivity contribution >= 4 is 16.0 Å². The molecule has 0 unspecified atom stereocenters. The third kappa shape index (κ3) is 4.79. The van der Waals surface area contributed by atoms with Gasteiger partial charge in [0, 0.05) is 13.1 Å². The highest BCUT2D eigenvalue weighted by atomic mass is 32.2. The molecule has 0 amide bonds. The molecule has 7 heteroatoms. The molecule has 1 aliphatic rings. The molecule has 0 spiro atoms. The van der Waals surface area contributed by atoms with Gasteiger partial charge >= 0.3 is 5.97 Å². The number of morpholine rings is 1. The second-order valence-electron chi connectivity index (χ2n) is 7.17. The smallest absolute Gasteiger partial charge is 0.338 e. The van der Waals surface area contributed by atoms with Gasteiger partial charge < -0.3 is 9.47 Å². The third-order valence-corrected chi connectivity index (χ3v) is 6.37. The lowest BCUT2D eigenvalue weighted by Gasteiger charge is -2.34. The Kier molecular flexibility index (Phi) is 6.17. The average Bonchev–Trinajstić information content (AvgIpc) is 2.65. The summed E-state index contributed by atoms with van der Waals surface area (Å²) in [6.45, 7) is 6.36. The van der Waals surface area contributed by atoms with Crippen molar-refractivity contribution in [1.29, 1.82) is 0 Å². The van der Waals surface area contributed by atoms with Gasteiger partial charge in [-0.25, -0.2) is 13.2 Å². The van der Waals surface area contributed by atoms with Crippen molar-refractivity contribution in [3.05, 3.63) is 65.2 Å². The number of hydrogen-bond donors (Lipinski definition) is 0. The van der Waals surface area contributed by atoms with Crippen LogP contribution in [0.1, 0.15) is 35.3 Å². The number of sulfonamides is 1. The van der Waals surface area contributed by atoms with Gasteiger partial charge in [0.15, 0.2) is 0 Å². The number of rotatable bonds is 5. The van der Waals surface area contributed by atoms with E-state index in [1.165, 1.54) is 16.4 Å². The maximum Gasteiger partial charge on any atom is 0.338 e. The van der Waals surface area contributed by atoms with Crippen molar-refractivity contribution < 1.29 is 22.7 Å². The molecule has 0 radical (unpaired) electrons. The topological polar surface area (TPSA) is 72.9 Å². The summed E-state index contributed by atoms with van der Waals surface area (Å²) in [5.41, 5.74) is 2.17. The van der Waals surface area contributed by atoms with Crippen LogP contribution in [0.15, 0.2) is 53.4 Å². The Morgan fingerprint density at radius 2 is 1.79 bits per heavy atom. The van der Waals surface area contributed by atoms with Crippen LogP contribution in [0, 0.1) is 6.92 Å². The van der Waals surface area contributed by atoms with Crippen LogP contribution in [-0.2, 0) is 26.1 Å². The average molecular weight is 404 g/mol. The summed E-state index contributed by atoms with van der Waals surface area (Å²) in [5.74, 6) is -0.553. The van der Waals surface area contributed by atoms with E-state index >= 15 is 0 Å². The van der Waals surface area contributed by atoms with Crippen LogP contribution in [-0.4, -0.2) is 44.0 Å². The lowest BCUT2D eigenvalue weighted by atomic mass is 10.1. The standard InChI is InChI=1S/C21H25NO5S/c1-15-6-4-7-18(10-15)14-26-21(23)19-8-5-9-20(11-19)28(24,25)22-12-16(2)27-17(3)13-22/h4-11,16-17H,12-14H2,1-3H3/t16-,17+. The number of nitrogens with zero attached hydrogens (tertiary/aromatic N) is 1. The largest absolute Gasteiger partial charge is 0.457 e. The van der Waals surface area contributed by atoms with Crippen LogP contribution < -0.4 is 0 Å². The molecule has 6 nitrogen and oxygen atoms in total. The highest BCUT2D eigenvalue weighted by molar-refractivity contribution is 7.89. The maximum atomic E-state index is 13.0. The summed E-state index contributed by atoms with van der Waals surface area (Å²) in [5, 5.41) is 0. The normalized spacial score (nSPS) is 20.7. The number of aryl methyl sites for hydroxylation is 1. The molecule has 2 aromatic carbocycles. The van der Waals surface area contributed by atoms with Crippen molar-refractivity contribution in [1.82, 2.24) is 4.31 Å². The minimum atomic E-state index is -3.71. The molecule has 0 saturated carbocycles. The summed E-state index contributed by atoms with van der Waals surface area (Å²) in [4.78, 5) is 12.5. The summed E-state index contributed by atoms with van der Waals surface area (Å²) >= 11 is 0. The fourth-order valence-electron chi connectivity index (χ4n) is 3.29. The van der Waals surface area contributed by atoms with E-state index in [1.54, 1.807) is 12.1 Å². The molecule has 1 saturated heterocycles. The van der Waals surface area contributed by atoms with Gasteiger partial charge in [0.05, 0.1) is 22.7 Å². The molecule has 0 aliphatic carbocycles. The van der Waals surface area contributed by atoms with Crippen molar-refractivity contribution in [3.63, 3.8) is 0 Å². The molecule has 3 rings (SSSR count). The van der Waals surface area contributed by atoms with Gasteiger partial charge in [-0.1, -0.05) is 35.9 Å². The van der Waals surface area contributed by atoms with E-state index in [0.717, 1.165) is 11.1 Å². The predicted molar refractivity (Wildman–Crippen MR) is 106 cm³/mol. The van der Waals surface area contributed by atoms with Gasteiger partial charge in [0.2, 0.25) is 10.0 Å². The van der Waals surface area contributed by atoms with Crippen molar-refractivity contribution in [2.24, 2.45) is 0 Å². The van der Waals surface area contributed by atoms with Gasteiger partial charge in [-0.15, -0.1) is 0 Å². The maximum absolute atomic E-state index is 13.0. The number of carbonyl (C=O) groups is 1. The number of ether oxygens (including phenoxy) is 2. The molecule has 1 aliphatic heterocycles. The Balaban J connectivity index is 1.74. The lowest BCUT2D eigenvalue weighted by molar-refractivity contribution is -0.0440. The summed E-state index contributed by atoms with van der Waals surface area (Å²) in [6.07, 6.45) is -0.359. The van der Waals surface area contributed by atoms with Gasteiger partial charge in [-0.3, -0.25) is 0 Å². The third-order valence-electron chi connectivity index (χ3n) is 4.55. The minimum Gasteiger partial charge on any atom is -0.457 e. The first-order valence-electron chi connectivity index (χ1n) is 9.24. The van der Waals surface area contributed by atoms with Gasteiger partial charge in [-0.2, -0.15) is 4.31 Å². The molecule has 1 fully saturated rings. The van der Waals surface area contributed by atoms with E-state index in [2.05, 4.69) is 0 Å².